The summed E-state index contributed by atoms with van der Waals surface area (Å²) in [5.41, 5.74) is 0.0118. The van der Waals surface area contributed by atoms with Crippen LogP contribution in [0.25, 0.3) is 5.65 Å². The molecule has 0 fully saturated rings. The minimum atomic E-state index is -1.09. The summed E-state index contributed by atoms with van der Waals surface area (Å²) in [6, 6.07) is 5.09. The normalized spacial score (nSPS) is 11.0. The van der Waals surface area contributed by atoms with Crippen molar-refractivity contribution in [2.75, 3.05) is 13.1 Å². The first-order valence-electron chi connectivity index (χ1n) is 6.92. The smallest absolute Gasteiger partial charge is 0.350 e. The minimum absolute atomic E-state index is 0.126. The lowest BCUT2D eigenvalue weighted by atomic mass is 10.2. The summed E-state index contributed by atoms with van der Waals surface area (Å²) in [4.78, 5) is 36.5. The molecule has 0 saturated heterocycles. The average molecular weight is 306 g/mol. The summed E-state index contributed by atoms with van der Waals surface area (Å²) in [6.07, 6.45) is 1.56. The van der Waals surface area contributed by atoms with Gasteiger partial charge in [0.05, 0.1) is 0 Å². The van der Waals surface area contributed by atoms with E-state index >= 15 is 0 Å². The molecule has 0 radical (unpaired) electrons. The number of amides is 1. The third-order valence-corrected chi connectivity index (χ3v) is 3.04. The third-order valence-electron chi connectivity index (χ3n) is 3.04. The van der Waals surface area contributed by atoms with E-state index in [-0.39, 0.29) is 19.0 Å². The van der Waals surface area contributed by atoms with Crippen LogP contribution in [0.15, 0.2) is 29.2 Å². The van der Waals surface area contributed by atoms with Gasteiger partial charge in [-0.25, -0.2) is 9.48 Å². The van der Waals surface area contributed by atoms with Crippen molar-refractivity contribution in [1.29, 1.82) is 0 Å². The number of carbonyl (C=O) groups is 2. The molecule has 0 bridgehead atoms. The summed E-state index contributed by atoms with van der Waals surface area (Å²) in [5, 5.41) is 13.0. The molecule has 0 spiro atoms. The Morgan fingerprint density at radius 3 is 2.68 bits per heavy atom. The fraction of sp³-hybridized carbons (Fsp3) is 0.429. The van der Waals surface area contributed by atoms with Crippen molar-refractivity contribution >= 4 is 17.5 Å². The predicted molar refractivity (Wildman–Crippen MR) is 78.5 cm³/mol. The van der Waals surface area contributed by atoms with Crippen molar-refractivity contribution < 1.29 is 14.7 Å². The van der Waals surface area contributed by atoms with Crippen LogP contribution >= 0.6 is 0 Å². The highest BCUT2D eigenvalue weighted by Crippen LogP contribution is 2.01. The molecule has 2 aromatic heterocycles. The number of hydrogen-bond acceptors (Lipinski definition) is 4. The summed E-state index contributed by atoms with van der Waals surface area (Å²) < 4.78 is 2.38. The van der Waals surface area contributed by atoms with Crippen molar-refractivity contribution in [3.05, 3.63) is 34.9 Å². The molecule has 0 unspecified atom stereocenters. The highest BCUT2D eigenvalue weighted by Gasteiger charge is 2.20. The zero-order valence-electron chi connectivity index (χ0n) is 12.5. The first kappa shape index (κ1) is 15.7. The van der Waals surface area contributed by atoms with E-state index in [2.05, 4.69) is 5.10 Å². The van der Waals surface area contributed by atoms with Crippen molar-refractivity contribution in [2.24, 2.45) is 5.92 Å². The zero-order chi connectivity index (χ0) is 16.3. The van der Waals surface area contributed by atoms with Gasteiger partial charge in [0.15, 0.2) is 5.65 Å². The first-order chi connectivity index (χ1) is 10.4. The fourth-order valence-corrected chi connectivity index (χ4v) is 2.16. The largest absolute Gasteiger partial charge is 0.480 e. The fourth-order valence-electron chi connectivity index (χ4n) is 2.16. The van der Waals surface area contributed by atoms with Crippen LogP contribution in [0.2, 0.25) is 0 Å². The number of aromatic nitrogens is 3. The van der Waals surface area contributed by atoms with Gasteiger partial charge in [-0.2, -0.15) is 0 Å². The minimum Gasteiger partial charge on any atom is -0.480 e. The monoisotopic (exact) mass is 306 g/mol. The maximum absolute atomic E-state index is 12.3. The highest BCUT2D eigenvalue weighted by molar-refractivity contribution is 5.81. The van der Waals surface area contributed by atoms with Crippen LogP contribution < -0.4 is 5.69 Å². The van der Waals surface area contributed by atoms with Gasteiger partial charge < -0.3 is 10.0 Å². The molecule has 0 saturated carbocycles. The molecule has 8 heteroatoms. The van der Waals surface area contributed by atoms with Gasteiger partial charge in [-0.3, -0.25) is 14.0 Å². The Morgan fingerprint density at radius 1 is 1.36 bits per heavy atom. The van der Waals surface area contributed by atoms with Crippen LogP contribution in [-0.2, 0) is 16.1 Å². The first-order valence-corrected chi connectivity index (χ1v) is 6.92. The van der Waals surface area contributed by atoms with E-state index in [1.54, 1.807) is 24.4 Å². The van der Waals surface area contributed by atoms with Gasteiger partial charge in [-0.1, -0.05) is 19.9 Å². The van der Waals surface area contributed by atoms with Crippen LogP contribution in [0.5, 0.6) is 0 Å². The lowest BCUT2D eigenvalue weighted by Crippen LogP contribution is -2.41. The molecule has 1 N–H and O–H groups in total. The molecule has 2 heterocycles. The maximum atomic E-state index is 12.3. The van der Waals surface area contributed by atoms with E-state index in [4.69, 9.17) is 5.11 Å². The van der Waals surface area contributed by atoms with Crippen molar-refractivity contribution in [3.8, 4) is 0 Å². The quantitative estimate of drug-likeness (QED) is 0.814. The van der Waals surface area contributed by atoms with Gasteiger partial charge in [0, 0.05) is 12.7 Å². The zero-order valence-corrected chi connectivity index (χ0v) is 12.5. The molecule has 0 aliphatic carbocycles. The summed E-state index contributed by atoms with van der Waals surface area (Å²) in [6.45, 7) is 3.42. The Bertz CT molecular complexity index is 747. The van der Waals surface area contributed by atoms with E-state index in [1.165, 1.54) is 9.30 Å². The van der Waals surface area contributed by atoms with Crippen LogP contribution in [0.4, 0.5) is 0 Å². The van der Waals surface area contributed by atoms with E-state index in [1.807, 2.05) is 13.8 Å². The Kier molecular flexibility index (Phi) is 4.59. The van der Waals surface area contributed by atoms with Gasteiger partial charge in [-0.15, -0.1) is 5.10 Å². The molecule has 0 atom stereocenters. The standard InChI is InChI=1S/C14H18N4O4/c1-10(2)7-16(9-13(20)21)12(19)8-18-14(22)17-6-4-3-5-11(17)15-18/h3-6,10H,7-9H2,1-2H3,(H,20,21). The van der Waals surface area contributed by atoms with E-state index in [9.17, 15) is 14.4 Å². The second-order valence-electron chi connectivity index (χ2n) is 5.43. The van der Waals surface area contributed by atoms with Gasteiger partial charge in [0.2, 0.25) is 5.91 Å². The van der Waals surface area contributed by atoms with Crippen molar-refractivity contribution in [1.82, 2.24) is 19.1 Å². The molecule has 22 heavy (non-hydrogen) atoms. The van der Waals surface area contributed by atoms with Crippen LogP contribution in [0.3, 0.4) is 0 Å². The Balaban J connectivity index is 2.22. The molecule has 118 valence electrons. The lowest BCUT2D eigenvalue weighted by Gasteiger charge is -2.22. The number of carbonyl (C=O) groups excluding carboxylic acids is 1. The van der Waals surface area contributed by atoms with E-state index < -0.39 is 17.6 Å². The number of nitrogens with zero attached hydrogens (tertiary/aromatic N) is 4. The van der Waals surface area contributed by atoms with Crippen molar-refractivity contribution in [3.63, 3.8) is 0 Å². The Labute approximate surface area is 126 Å². The number of aliphatic carboxylic acids is 1. The average Bonchev–Trinajstić information content (AvgIpc) is 2.74. The van der Waals surface area contributed by atoms with E-state index in [0.29, 0.717) is 12.2 Å². The Hall–Kier alpha value is -2.64. The lowest BCUT2D eigenvalue weighted by molar-refractivity contribution is -0.145. The molecular weight excluding hydrogens is 288 g/mol. The maximum Gasteiger partial charge on any atom is 0.350 e. The van der Waals surface area contributed by atoms with Crippen LogP contribution in [0.1, 0.15) is 13.8 Å². The second kappa shape index (κ2) is 6.42. The molecule has 2 aromatic rings. The van der Waals surface area contributed by atoms with Gasteiger partial charge in [0.1, 0.15) is 13.1 Å². The Morgan fingerprint density at radius 2 is 2.09 bits per heavy atom. The number of carboxylic acids is 1. The summed E-state index contributed by atoms with van der Waals surface area (Å²) >= 11 is 0. The number of rotatable bonds is 6. The molecule has 0 aromatic carbocycles. The number of pyridine rings is 1. The van der Waals surface area contributed by atoms with Crippen LogP contribution in [-0.4, -0.2) is 49.2 Å². The summed E-state index contributed by atoms with van der Waals surface area (Å²) in [5.74, 6) is -1.40. The van der Waals surface area contributed by atoms with Gasteiger partial charge in [0.25, 0.3) is 0 Å². The summed E-state index contributed by atoms with van der Waals surface area (Å²) in [7, 11) is 0. The molecule has 0 aliphatic heterocycles. The third kappa shape index (κ3) is 3.51. The molecular formula is C14H18N4O4. The molecule has 2 rings (SSSR count). The molecule has 0 aliphatic rings. The van der Waals surface area contributed by atoms with Gasteiger partial charge >= 0.3 is 11.7 Å². The predicted octanol–water partition coefficient (Wildman–Crippen LogP) is 0.0652. The van der Waals surface area contributed by atoms with E-state index in [0.717, 1.165) is 4.68 Å². The number of fused-ring (bicyclic) bond motifs is 1. The molecule has 8 nitrogen and oxygen atoms in total. The number of hydrogen-bond donors (Lipinski definition) is 1. The van der Waals surface area contributed by atoms with Crippen LogP contribution in [0, 0.1) is 5.92 Å². The van der Waals surface area contributed by atoms with Gasteiger partial charge in [-0.05, 0) is 18.1 Å². The molecule has 1 amide bonds. The van der Waals surface area contributed by atoms with Crippen molar-refractivity contribution in [2.45, 2.75) is 20.4 Å². The second-order valence-corrected chi connectivity index (χ2v) is 5.43. The highest BCUT2D eigenvalue weighted by atomic mass is 16.4. The topological polar surface area (TPSA) is 96.9 Å². The number of carboxylic acid groups (broad SMARTS) is 1. The SMILES string of the molecule is CC(C)CN(CC(=O)O)C(=O)Cn1nc2ccccn2c1=O.